The molecule has 280 valence electrons. The smallest absolute Gasteiger partial charge is 0.339 e. The molecule has 4 N–H and O–H groups in total. The van der Waals surface area contributed by atoms with E-state index in [9.17, 15) is 24.3 Å². The highest BCUT2D eigenvalue weighted by molar-refractivity contribution is 5.94. The maximum absolute atomic E-state index is 13.9. The molecular formula is C40H62N2O8. The van der Waals surface area contributed by atoms with Gasteiger partial charge in [0.05, 0.1) is 5.92 Å². The molecule has 0 saturated heterocycles. The molecule has 0 saturated carbocycles. The van der Waals surface area contributed by atoms with Gasteiger partial charge < -0.3 is 30.4 Å². The van der Waals surface area contributed by atoms with E-state index < -0.39 is 40.9 Å². The summed E-state index contributed by atoms with van der Waals surface area (Å²) in [5.41, 5.74) is 3.20. The highest BCUT2D eigenvalue weighted by atomic mass is 16.6. The summed E-state index contributed by atoms with van der Waals surface area (Å²) >= 11 is 0. The van der Waals surface area contributed by atoms with Gasteiger partial charge in [0.2, 0.25) is 11.8 Å². The number of primary amides is 1. The van der Waals surface area contributed by atoms with Crippen LogP contribution in [0, 0.1) is 17.8 Å². The van der Waals surface area contributed by atoms with Crippen LogP contribution in [0.15, 0.2) is 36.4 Å². The third kappa shape index (κ3) is 18.4. The number of nitrogens with one attached hydrogen (secondary N) is 1. The monoisotopic (exact) mass is 698 g/mol. The van der Waals surface area contributed by atoms with Crippen molar-refractivity contribution in [3.05, 3.63) is 42.0 Å². The first-order valence-electron chi connectivity index (χ1n) is 18.1. The minimum atomic E-state index is -2.29. The second-order valence-electron chi connectivity index (χ2n) is 13.8. The van der Waals surface area contributed by atoms with Crippen molar-refractivity contribution in [3.8, 4) is 17.6 Å². The number of allylic oxidation sites excluding steroid dienone is 1. The van der Waals surface area contributed by atoms with Crippen molar-refractivity contribution in [3.63, 3.8) is 0 Å². The Bertz CT molecular complexity index is 1260. The lowest BCUT2D eigenvalue weighted by Crippen LogP contribution is -2.57. The van der Waals surface area contributed by atoms with Crippen molar-refractivity contribution in [2.75, 3.05) is 20.3 Å². The van der Waals surface area contributed by atoms with Crippen molar-refractivity contribution in [2.45, 2.75) is 142 Å². The summed E-state index contributed by atoms with van der Waals surface area (Å²) in [6.07, 6.45) is 14.1. The predicted molar refractivity (Wildman–Crippen MR) is 196 cm³/mol. The van der Waals surface area contributed by atoms with E-state index in [1.165, 1.54) is 32.4 Å². The number of Topliss-reactive ketones (excluding diaryl/α,β-unsaturated/α-hetero) is 1. The molecular weight excluding hydrogens is 636 g/mol. The van der Waals surface area contributed by atoms with Crippen molar-refractivity contribution in [1.29, 1.82) is 0 Å². The van der Waals surface area contributed by atoms with Gasteiger partial charge in [-0.3, -0.25) is 14.4 Å². The third-order valence-corrected chi connectivity index (χ3v) is 8.21. The van der Waals surface area contributed by atoms with Gasteiger partial charge in [-0.05, 0) is 71.1 Å². The average molecular weight is 699 g/mol. The van der Waals surface area contributed by atoms with E-state index in [0.29, 0.717) is 36.4 Å². The number of hydrogen-bond acceptors (Lipinski definition) is 8. The van der Waals surface area contributed by atoms with Gasteiger partial charge in [0.25, 0.3) is 0 Å². The summed E-state index contributed by atoms with van der Waals surface area (Å²) in [7, 11) is 1.43. The van der Waals surface area contributed by atoms with Crippen LogP contribution in [0.2, 0.25) is 0 Å². The summed E-state index contributed by atoms with van der Waals surface area (Å²) in [6.45, 7) is 9.13. The number of esters is 1. The van der Waals surface area contributed by atoms with E-state index >= 15 is 0 Å². The largest absolute Gasteiger partial charge is 0.481 e. The fraction of sp³-hybridized carbons (Fsp3) is 0.650. The number of carbonyl (C=O) groups excluding carboxylic acids is 4. The fourth-order valence-corrected chi connectivity index (χ4v) is 5.33. The first kappa shape index (κ1) is 44.3. The number of hydrogen-bond donors (Lipinski definition) is 3. The van der Waals surface area contributed by atoms with Crippen molar-refractivity contribution in [2.24, 2.45) is 11.7 Å². The molecule has 0 aromatic heterocycles. The van der Waals surface area contributed by atoms with E-state index in [4.69, 9.17) is 19.9 Å². The molecule has 0 unspecified atom stereocenters. The molecule has 0 aliphatic rings. The molecule has 0 aliphatic heterocycles. The molecule has 0 bridgehead atoms. The lowest BCUT2D eigenvalue weighted by atomic mass is 9.82. The summed E-state index contributed by atoms with van der Waals surface area (Å²) in [4.78, 5) is 52.0. The van der Waals surface area contributed by atoms with Crippen LogP contribution in [-0.2, 0) is 35.1 Å². The molecule has 1 aromatic carbocycles. The maximum Gasteiger partial charge on any atom is 0.339 e. The van der Waals surface area contributed by atoms with Gasteiger partial charge in [-0.25, -0.2) is 4.79 Å². The number of ketones is 1. The van der Waals surface area contributed by atoms with Crippen LogP contribution < -0.4 is 15.8 Å². The Morgan fingerprint density at radius 2 is 1.58 bits per heavy atom. The normalized spacial score (nSPS) is 13.8. The van der Waals surface area contributed by atoms with Crippen molar-refractivity contribution in [1.82, 2.24) is 5.32 Å². The van der Waals surface area contributed by atoms with Crippen LogP contribution >= 0.6 is 0 Å². The Balaban J connectivity index is 3.02. The SMILES string of the molecule is CC#CCOc1ccc(C[C@H](NC(=O)[C@@H](C=CCCCCCCC(=O)CCCCCCC)[C@@](O)(CCOC)C(=O)OC(C)(C)C)C(N)=O)cc1. The molecule has 10 nitrogen and oxygen atoms in total. The highest BCUT2D eigenvalue weighted by Crippen LogP contribution is 2.29. The van der Waals surface area contributed by atoms with Crippen LogP contribution in [0.25, 0.3) is 0 Å². The molecule has 0 spiro atoms. The van der Waals surface area contributed by atoms with Gasteiger partial charge in [0, 0.05) is 39.4 Å². The summed E-state index contributed by atoms with van der Waals surface area (Å²) in [6, 6.07) is 5.86. The molecule has 0 aliphatic carbocycles. The standard InChI is InChI=1S/C40H62N2O8/c1-7-9-11-14-17-20-32(43)21-18-15-12-13-16-19-22-34(40(47,27-29-48-6)38(46)50-39(3,4)5)37(45)42-35(36(41)44)30-31-23-25-33(26-24-31)49-28-10-8-2/h19,22-26,34-35,47H,7,9,11-18,20-21,27-30H2,1-6H3,(H2,41,44)(H,42,45)/t34-,35+,40+/m1/s1. The topological polar surface area (TPSA) is 154 Å². The quantitative estimate of drug-likeness (QED) is 0.0451. The van der Waals surface area contributed by atoms with E-state index in [1.807, 2.05) is 0 Å². The molecule has 50 heavy (non-hydrogen) atoms. The molecule has 3 atom stereocenters. The number of amides is 2. The summed E-state index contributed by atoms with van der Waals surface area (Å²) in [5, 5.41) is 14.5. The average Bonchev–Trinajstić information content (AvgIpc) is 3.06. The van der Waals surface area contributed by atoms with Gasteiger partial charge in [-0.1, -0.05) is 75.7 Å². The van der Waals surface area contributed by atoms with Gasteiger partial charge >= 0.3 is 5.97 Å². The lowest BCUT2D eigenvalue weighted by Gasteiger charge is -2.35. The first-order chi connectivity index (χ1) is 23.8. The number of rotatable bonds is 26. The Hall–Kier alpha value is -3.68. The second kappa shape index (κ2) is 24.5. The number of nitrogens with two attached hydrogens (primary N) is 1. The summed E-state index contributed by atoms with van der Waals surface area (Å²) in [5.74, 6) is 2.61. The lowest BCUT2D eigenvalue weighted by molar-refractivity contribution is -0.185. The highest BCUT2D eigenvalue weighted by Gasteiger charge is 2.49. The fourth-order valence-electron chi connectivity index (χ4n) is 5.33. The Morgan fingerprint density at radius 1 is 0.960 bits per heavy atom. The zero-order valence-electron chi connectivity index (χ0n) is 31.3. The number of benzene rings is 1. The Morgan fingerprint density at radius 3 is 2.14 bits per heavy atom. The van der Waals surface area contributed by atoms with E-state index in [1.54, 1.807) is 58.0 Å². The number of unbranched alkanes of at least 4 members (excludes halogenated alkanes) is 8. The van der Waals surface area contributed by atoms with E-state index in [2.05, 4.69) is 24.1 Å². The summed E-state index contributed by atoms with van der Waals surface area (Å²) < 4.78 is 16.3. The number of aliphatic hydroxyl groups is 1. The van der Waals surface area contributed by atoms with Gasteiger partial charge in [0.15, 0.2) is 5.60 Å². The zero-order valence-corrected chi connectivity index (χ0v) is 31.3. The molecule has 1 rings (SSSR count). The van der Waals surface area contributed by atoms with Crippen molar-refractivity contribution >= 4 is 23.6 Å². The molecule has 0 fully saturated rings. The minimum Gasteiger partial charge on any atom is -0.481 e. The molecule has 1 aromatic rings. The van der Waals surface area contributed by atoms with Crippen LogP contribution in [0.4, 0.5) is 0 Å². The van der Waals surface area contributed by atoms with Crippen LogP contribution in [0.5, 0.6) is 5.75 Å². The van der Waals surface area contributed by atoms with E-state index in [0.717, 1.165) is 38.5 Å². The Kier molecular flexibility index (Phi) is 21.7. The van der Waals surface area contributed by atoms with Crippen LogP contribution in [0.3, 0.4) is 0 Å². The van der Waals surface area contributed by atoms with Gasteiger partial charge in [-0.2, -0.15) is 0 Å². The maximum atomic E-state index is 13.9. The Labute approximate surface area is 300 Å². The number of carbonyl (C=O) groups is 4. The predicted octanol–water partition coefficient (Wildman–Crippen LogP) is 6.15. The second-order valence-corrected chi connectivity index (χ2v) is 13.8. The number of methoxy groups -OCH3 is 1. The van der Waals surface area contributed by atoms with Crippen LogP contribution in [0.1, 0.15) is 124 Å². The van der Waals surface area contributed by atoms with Gasteiger partial charge in [0.1, 0.15) is 29.8 Å². The van der Waals surface area contributed by atoms with E-state index in [-0.39, 0.29) is 26.1 Å². The zero-order chi connectivity index (χ0) is 37.4. The van der Waals surface area contributed by atoms with Crippen LogP contribution in [-0.4, -0.2) is 66.2 Å². The third-order valence-electron chi connectivity index (χ3n) is 8.21. The minimum absolute atomic E-state index is 0.0255. The molecule has 0 radical (unpaired) electrons. The molecule has 2 amide bonds. The van der Waals surface area contributed by atoms with Crippen molar-refractivity contribution < 1.29 is 38.5 Å². The molecule has 10 heteroatoms. The first-order valence-corrected chi connectivity index (χ1v) is 18.1. The number of ether oxygens (including phenoxy) is 3. The molecule has 0 heterocycles. The van der Waals surface area contributed by atoms with Gasteiger partial charge in [-0.15, -0.1) is 5.92 Å².